The molecule has 142 valence electrons. The highest BCUT2D eigenvalue weighted by atomic mass is 79.9. The number of halogens is 1. The van der Waals surface area contributed by atoms with Crippen LogP contribution in [-0.2, 0) is 6.42 Å². The third kappa shape index (κ3) is 3.78. The maximum absolute atomic E-state index is 12.4. The Labute approximate surface area is 167 Å². The Kier molecular flexibility index (Phi) is 5.70. The van der Waals surface area contributed by atoms with Gasteiger partial charge in [0, 0.05) is 22.6 Å². The van der Waals surface area contributed by atoms with E-state index < -0.39 is 0 Å². The van der Waals surface area contributed by atoms with Crippen LogP contribution in [0.3, 0.4) is 0 Å². The zero-order valence-corrected chi connectivity index (χ0v) is 17.3. The summed E-state index contributed by atoms with van der Waals surface area (Å²) in [6.45, 7) is 1.98. The first-order chi connectivity index (χ1) is 13.0. The Morgan fingerprint density at radius 1 is 1.19 bits per heavy atom. The molecule has 0 saturated carbocycles. The van der Waals surface area contributed by atoms with Crippen molar-refractivity contribution in [2.45, 2.75) is 19.4 Å². The molecule has 1 aliphatic heterocycles. The van der Waals surface area contributed by atoms with Gasteiger partial charge in [-0.05, 0) is 43.2 Å². The number of nitrogens with one attached hydrogen (secondary N) is 1. The van der Waals surface area contributed by atoms with Gasteiger partial charge >= 0.3 is 6.03 Å². The van der Waals surface area contributed by atoms with Crippen LogP contribution in [0.1, 0.15) is 23.6 Å². The van der Waals surface area contributed by atoms with E-state index in [1.54, 1.807) is 21.3 Å². The van der Waals surface area contributed by atoms with Gasteiger partial charge in [0.05, 0.1) is 26.0 Å². The number of fused-ring (bicyclic) bond motifs is 1. The number of rotatable bonds is 3. The number of ether oxygens (including phenoxy) is 2. The minimum absolute atomic E-state index is 0.116. The van der Waals surface area contributed by atoms with Crippen LogP contribution in [0.25, 0.3) is 0 Å². The number of amides is 2. The Hall–Kier alpha value is -2.54. The number of hydrogen-bond acceptors (Lipinski definition) is 4. The number of hydrogen-bond donors (Lipinski definition) is 1. The predicted molar refractivity (Wildman–Crippen MR) is 109 cm³/mol. The molecule has 1 aliphatic rings. The van der Waals surface area contributed by atoms with Crippen molar-refractivity contribution in [3.05, 3.63) is 57.6 Å². The summed E-state index contributed by atoms with van der Waals surface area (Å²) >= 11 is 3.46. The van der Waals surface area contributed by atoms with Crippen LogP contribution in [-0.4, -0.2) is 44.1 Å². The molecule has 2 aromatic carbocycles. The first kappa shape index (κ1) is 19.2. The molecule has 2 amide bonds. The number of hydrazone groups is 1. The van der Waals surface area contributed by atoms with Gasteiger partial charge in [-0.25, -0.2) is 9.80 Å². The fourth-order valence-electron chi connectivity index (χ4n) is 3.16. The lowest BCUT2D eigenvalue weighted by Gasteiger charge is -2.22. The second-order valence-electron chi connectivity index (χ2n) is 6.27. The van der Waals surface area contributed by atoms with Crippen molar-refractivity contribution in [1.82, 2.24) is 10.3 Å². The van der Waals surface area contributed by atoms with Gasteiger partial charge in [0.2, 0.25) is 0 Å². The molecule has 0 fully saturated rings. The zero-order valence-electron chi connectivity index (χ0n) is 15.7. The highest BCUT2D eigenvalue weighted by molar-refractivity contribution is 9.10. The minimum Gasteiger partial charge on any atom is -0.493 e. The topological polar surface area (TPSA) is 63.2 Å². The van der Waals surface area contributed by atoms with E-state index in [1.165, 1.54) is 5.01 Å². The molecule has 1 heterocycles. The minimum atomic E-state index is -0.246. The molecule has 0 bridgehead atoms. The largest absolute Gasteiger partial charge is 0.493 e. The predicted octanol–water partition coefficient (Wildman–Crippen LogP) is 3.80. The fraction of sp³-hybridized carbons (Fsp3) is 0.300. The Bertz CT molecular complexity index is 881. The molecule has 0 aromatic heterocycles. The van der Waals surface area contributed by atoms with Crippen LogP contribution < -0.4 is 14.8 Å². The number of urea groups is 1. The van der Waals surface area contributed by atoms with Gasteiger partial charge < -0.3 is 14.8 Å². The molecular formula is C20H22BrN3O3. The highest BCUT2D eigenvalue weighted by Crippen LogP contribution is 2.34. The van der Waals surface area contributed by atoms with Crippen LogP contribution in [0.4, 0.5) is 4.79 Å². The van der Waals surface area contributed by atoms with Crippen molar-refractivity contribution in [2.75, 3.05) is 21.3 Å². The summed E-state index contributed by atoms with van der Waals surface area (Å²) in [4.78, 5) is 12.4. The first-order valence-corrected chi connectivity index (χ1v) is 9.38. The SMILES string of the molecule is CNC(=O)N1N=C(c2ccc(Br)cc2)c2cc(OC)c(OC)cc2C[C@@H]1C. The van der Waals surface area contributed by atoms with E-state index in [2.05, 4.69) is 21.2 Å². The quantitative estimate of drug-likeness (QED) is 0.803. The monoisotopic (exact) mass is 431 g/mol. The summed E-state index contributed by atoms with van der Waals surface area (Å²) in [7, 11) is 4.83. The molecule has 0 radical (unpaired) electrons. The molecule has 0 unspecified atom stereocenters. The van der Waals surface area contributed by atoms with Gasteiger partial charge in [-0.15, -0.1) is 0 Å². The molecule has 3 rings (SSSR count). The molecule has 1 atom stereocenters. The van der Waals surface area contributed by atoms with Gasteiger partial charge in [-0.1, -0.05) is 28.1 Å². The second-order valence-corrected chi connectivity index (χ2v) is 7.19. The Morgan fingerprint density at radius 3 is 2.41 bits per heavy atom. The summed E-state index contributed by atoms with van der Waals surface area (Å²) in [6, 6.07) is 11.4. The van der Waals surface area contributed by atoms with Crippen molar-refractivity contribution in [2.24, 2.45) is 5.10 Å². The number of methoxy groups -OCH3 is 2. The maximum Gasteiger partial charge on any atom is 0.337 e. The van der Waals surface area contributed by atoms with E-state index in [1.807, 2.05) is 43.3 Å². The van der Waals surface area contributed by atoms with Gasteiger partial charge in [-0.2, -0.15) is 5.10 Å². The molecular weight excluding hydrogens is 410 g/mol. The second kappa shape index (κ2) is 8.00. The average molecular weight is 432 g/mol. The lowest BCUT2D eigenvalue weighted by Crippen LogP contribution is -2.41. The Balaban J connectivity index is 2.24. The summed E-state index contributed by atoms with van der Waals surface area (Å²) in [5.41, 5.74) is 3.60. The van der Waals surface area contributed by atoms with E-state index in [0.29, 0.717) is 23.6 Å². The van der Waals surface area contributed by atoms with Crippen LogP contribution >= 0.6 is 15.9 Å². The fourth-order valence-corrected chi connectivity index (χ4v) is 3.42. The van der Waals surface area contributed by atoms with Crippen molar-refractivity contribution < 1.29 is 14.3 Å². The lowest BCUT2D eigenvalue weighted by atomic mass is 9.94. The molecule has 0 saturated heterocycles. The lowest BCUT2D eigenvalue weighted by molar-refractivity contribution is 0.184. The van der Waals surface area contributed by atoms with E-state index in [9.17, 15) is 4.79 Å². The van der Waals surface area contributed by atoms with Crippen LogP contribution in [0, 0.1) is 0 Å². The first-order valence-electron chi connectivity index (χ1n) is 8.59. The van der Waals surface area contributed by atoms with E-state index in [-0.39, 0.29) is 12.1 Å². The highest BCUT2D eigenvalue weighted by Gasteiger charge is 2.28. The van der Waals surface area contributed by atoms with Crippen LogP contribution in [0.2, 0.25) is 0 Å². The molecule has 0 spiro atoms. The van der Waals surface area contributed by atoms with Crippen molar-refractivity contribution in [3.8, 4) is 11.5 Å². The summed E-state index contributed by atoms with van der Waals surface area (Å²) in [5.74, 6) is 1.29. The van der Waals surface area contributed by atoms with E-state index in [0.717, 1.165) is 21.2 Å². The molecule has 6 nitrogen and oxygen atoms in total. The number of carbonyl (C=O) groups excluding carboxylic acids is 1. The molecule has 27 heavy (non-hydrogen) atoms. The number of benzene rings is 2. The van der Waals surface area contributed by atoms with Gasteiger partial charge in [0.1, 0.15) is 0 Å². The third-order valence-electron chi connectivity index (χ3n) is 4.54. The third-order valence-corrected chi connectivity index (χ3v) is 5.07. The normalized spacial score (nSPS) is 16.1. The van der Waals surface area contributed by atoms with Crippen molar-refractivity contribution >= 4 is 27.7 Å². The van der Waals surface area contributed by atoms with Gasteiger partial charge in [-0.3, -0.25) is 0 Å². The van der Waals surface area contributed by atoms with E-state index in [4.69, 9.17) is 14.6 Å². The van der Waals surface area contributed by atoms with Crippen LogP contribution in [0.15, 0.2) is 46.0 Å². The summed E-state index contributed by atoms with van der Waals surface area (Å²) in [6.07, 6.45) is 0.645. The average Bonchev–Trinajstić information content (AvgIpc) is 2.82. The van der Waals surface area contributed by atoms with Gasteiger partial charge in [0.15, 0.2) is 11.5 Å². The molecule has 7 heteroatoms. The summed E-state index contributed by atoms with van der Waals surface area (Å²) in [5, 5.41) is 8.89. The number of nitrogens with zero attached hydrogens (tertiary/aromatic N) is 2. The zero-order chi connectivity index (χ0) is 19.6. The smallest absolute Gasteiger partial charge is 0.337 e. The maximum atomic E-state index is 12.4. The number of carbonyl (C=O) groups is 1. The van der Waals surface area contributed by atoms with Crippen molar-refractivity contribution in [3.63, 3.8) is 0 Å². The molecule has 0 aliphatic carbocycles. The van der Waals surface area contributed by atoms with Crippen LogP contribution in [0.5, 0.6) is 11.5 Å². The molecule has 2 aromatic rings. The molecule has 1 N–H and O–H groups in total. The van der Waals surface area contributed by atoms with E-state index >= 15 is 0 Å². The standard InChI is InChI=1S/C20H22BrN3O3/c1-12-9-14-10-17(26-3)18(27-4)11-16(14)19(23-24(12)20(25)22-2)13-5-7-15(21)8-6-13/h5-8,10-12H,9H2,1-4H3,(H,22,25)/t12-/m0/s1. The van der Waals surface area contributed by atoms with Gasteiger partial charge in [0.25, 0.3) is 0 Å². The summed E-state index contributed by atoms with van der Waals surface area (Å²) < 4.78 is 11.9. The van der Waals surface area contributed by atoms with Crippen molar-refractivity contribution in [1.29, 1.82) is 0 Å². The Morgan fingerprint density at radius 2 is 1.81 bits per heavy atom.